The molecule has 0 aliphatic heterocycles. The summed E-state index contributed by atoms with van der Waals surface area (Å²) in [7, 11) is 1.31. The molecule has 0 saturated heterocycles. The monoisotopic (exact) mass is 287 g/mol. The third kappa shape index (κ3) is 2.69. The number of anilines is 1. The van der Waals surface area contributed by atoms with Crippen LogP contribution in [-0.2, 0) is 11.2 Å². The standard InChI is InChI=1S/C10H14BrN3O2/c1-4-6-7(11)8(12-5-2)14-9(13-6)10(15)16-3/h4-5H2,1-3H3,(H,12,13,14). The number of hydrogen-bond acceptors (Lipinski definition) is 5. The van der Waals surface area contributed by atoms with Crippen molar-refractivity contribution in [3.8, 4) is 0 Å². The summed E-state index contributed by atoms with van der Waals surface area (Å²) in [6.07, 6.45) is 0.714. The number of halogens is 1. The lowest BCUT2D eigenvalue weighted by Crippen LogP contribution is -2.13. The molecule has 0 atom stereocenters. The number of nitrogens with zero attached hydrogens (tertiary/aromatic N) is 2. The second-order valence-electron chi connectivity index (χ2n) is 3.03. The summed E-state index contributed by atoms with van der Waals surface area (Å²) in [6, 6.07) is 0. The van der Waals surface area contributed by atoms with Crippen molar-refractivity contribution in [2.45, 2.75) is 20.3 Å². The van der Waals surface area contributed by atoms with Crippen LogP contribution in [0.15, 0.2) is 4.47 Å². The zero-order valence-electron chi connectivity index (χ0n) is 9.50. The molecule has 0 aromatic carbocycles. The van der Waals surface area contributed by atoms with Gasteiger partial charge in [-0.3, -0.25) is 0 Å². The van der Waals surface area contributed by atoms with Gasteiger partial charge in [0, 0.05) is 6.54 Å². The van der Waals surface area contributed by atoms with Gasteiger partial charge in [0.2, 0.25) is 5.82 Å². The molecule has 0 bridgehead atoms. The molecule has 0 fully saturated rings. The molecule has 0 saturated carbocycles. The lowest BCUT2D eigenvalue weighted by Gasteiger charge is -2.09. The van der Waals surface area contributed by atoms with Crippen molar-refractivity contribution in [1.82, 2.24) is 9.97 Å². The van der Waals surface area contributed by atoms with Crippen LogP contribution in [0.3, 0.4) is 0 Å². The van der Waals surface area contributed by atoms with Crippen molar-refractivity contribution in [3.63, 3.8) is 0 Å². The van der Waals surface area contributed by atoms with E-state index in [1.165, 1.54) is 7.11 Å². The van der Waals surface area contributed by atoms with Crippen LogP contribution in [0.5, 0.6) is 0 Å². The Morgan fingerprint density at radius 1 is 1.44 bits per heavy atom. The maximum atomic E-state index is 11.4. The number of ether oxygens (including phenoxy) is 1. The topological polar surface area (TPSA) is 64.1 Å². The summed E-state index contributed by atoms with van der Waals surface area (Å²) in [5.41, 5.74) is 0.784. The number of aromatic nitrogens is 2. The maximum absolute atomic E-state index is 11.4. The van der Waals surface area contributed by atoms with Gasteiger partial charge in [-0.2, -0.15) is 0 Å². The highest BCUT2D eigenvalue weighted by Gasteiger charge is 2.16. The van der Waals surface area contributed by atoms with Crippen molar-refractivity contribution in [3.05, 3.63) is 16.0 Å². The minimum absolute atomic E-state index is 0.0819. The van der Waals surface area contributed by atoms with E-state index in [2.05, 4.69) is 36.0 Å². The Kier molecular flexibility index (Phi) is 4.67. The summed E-state index contributed by atoms with van der Waals surface area (Å²) < 4.78 is 5.40. The van der Waals surface area contributed by atoms with Crippen molar-refractivity contribution in [2.75, 3.05) is 19.0 Å². The minimum Gasteiger partial charge on any atom is -0.463 e. The van der Waals surface area contributed by atoms with E-state index in [4.69, 9.17) is 0 Å². The molecule has 1 heterocycles. The van der Waals surface area contributed by atoms with Crippen LogP contribution in [0.4, 0.5) is 5.82 Å². The van der Waals surface area contributed by atoms with Crippen LogP contribution in [0, 0.1) is 0 Å². The molecule has 0 aliphatic carbocycles. The normalized spacial score (nSPS) is 10.0. The molecule has 5 nitrogen and oxygen atoms in total. The molecule has 0 unspecified atom stereocenters. The summed E-state index contributed by atoms with van der Waals surface area (Å²) in [5.74, 6) is 0.176. The minimum atomic E-state index is -0.527. The van der Waals surface area contributed by atoms with Crippen LogP contribution in [0.1, 0.15) is 30.2 Å². The Morgan fingerprint density at radius 3 is 2.62 bits per heavy atom. The fourth-order valence-corrected chi connectivity index (χ4v) is 1.79. The molecule has 1 aromatic heterocycles. The first-order chi connectivity index (χ1) is 7.63. The van der Waals surface area contributed by atoms with Crippen LogP contribution in [-0.4, -0.2) is 29.6 Å². The molecular formula is C10H14BrN3O2. The fraction of sp³-hybridized carbons (Fsp3) is 0.500. The van der Waals surface area contributed by atoms with Gasteiger partial charge >= 0.3 is 5.97 Å². The summed E-state index contributed by atoms with van der Waals surface area (Å²) >= 11 is 3.41. The molecular weight excluding hydrogens is 274 g/mol. The van der Waals surface area contributed by atoms with Crippen LogP contribution in [0.25, 0.3) is 0 Å². The first-order valence-electron chi connectivity index (χ1n) is 5.02. The first kappa shape index (κ1) is 12.9. The van der Waals surface area contributed by atoms with Crippen molar-refractivity contribution in [1.29, 1.82) is 0 Å². The van der Waals surface area contributed by atoms with Gasteiger partial charge in [-0.25, -0.2) is 14.8 Å². The Labute approximate surface area is 103 Å². The lowest BCUT2D eigenvalue weighted by atomic mass is 10.3. The van der Waals surface area contributed by atoms with Crippen molar-refractivity contribution in [2.24, 2.45) is 0 Å². The predicted octanol–water partition coefficient (Wildman–Crippen LogP) is 2.02. The van der Waals surface area contributed by atoms with Gasteiger partial charge < -0.3 is 10.1 Å². The summed E-state index contributed by atoms with van der Waals surface area (Å²) in [5, 5.41) is 3.06. The molecule has 0 aliphatic rings. The average Bonchev–Trinajstić information content (AvgIpc) is 2.31. The van der Waals surface area contributed by atoms with Crippen molar-refractivity contribution < 1.29 is 9.53 Å². The number of hydrogen-bond donors (Lipinski definition) is 1. The van der Waals surface area contributed by atoms with Crippen molar-refractivity contribution >= 4 is 27.7 Å². The fourth-order valence-electron chi connectivity index (χ4n) is 1.19. The van der Waals surface area contributed by atoms with Gasteiger partial charge in [0.05, 0.1) is 17.3 Å². The summed E-state index contributed by atoms with van der Waals surface area (Å²) in [6.45, 7) is 4.64. The van der Waals surface area contributed by atoms with E-state index in [0.29, 0.717) is 12.2 Å². The van der Waals surface area contributed by atoms with Gasteiger partial charge in [-0.05, 0) is 29.3 Å². The molecule has 0 amide bonds. The van der Waals surface area contributed by atoms with Gasteiger partial charge in [0.25, 0.3) is 0 Å². The molecule has 1 aromatic rings. The van der Waals surface area contributed by atoms with E-state index in [-0.39, 0.29) is 5.82 Å². The number of esters is 1. The second kappa shape index (κ2) is 5.79. The van der Waals surface area contributed by atoms with Crippen LogP contribution < -0.4 is 5.32 Å². The largest absolute Gasteiger partial charge is 0.463 e. The van der Waals surface area contributed by atoms with E-state index < -0.39 is 5.97 Å². The highest BCUT2D eigenvalue weighted by molar-refractivity contribution is 9.10. The zero-order valence-corrected chi connectivity index (χ0v) is 11.1. The lowest BCUT2D eigenvalue weighted by molar-refractivity contribution is 0.0586. The third-order valence-corrected chi connectivity index (χ3v) is 2.80. The smallest absolute Gasteiger partial charge is 0.376 e. The number of aryl methyl sites for hydroxylation is 1. The second-order valence-corrected chi connectivity index (χ2v) is 3.82. The Morgan fingerprint density at radius 2 is 2.12 bits per heavy atom. The number of methoxy groups -OCH3 is 1. The molecule has 0 radical (unpaired) electrons. The molecule has 1 N–H and O–H groups in total. The van der Waals surface area contributed by atoms with Gasteiger partial charge in [0.1, 0.15) is 5.82 Å². The van der Waals surface area contributed by atoms with E-state index in [1.54, 1.807) is 0 Å². The van der Waals surface area contributed by atoms with Gasteiger partial charge in [-0.1, -0.05) is 6.92 Å². The van der Waals surface area contributed by atoms with Gasteiger partial charge in [-0.15, -0.1) is 0 Å². The highest BCUT2D eigenvalue weighted by Crippen LogP contribution is 2.24. The third-order valence-electron chi connectivity index (χ3n) is 1.97. The molecule has 1 rings (SSSR count). The zero-order chi connectivity index (χ0) is 12.1. The SMILES string of the molecule is CCNc1nc(C(=O)OC)nc(CC)c1Br. The molecule has 6 heteroatoms. The quantitative estimate of drug-likeness (QED) is 0.859. The Hall–Kier alpha value is -1.17. The number of nitrogens with one attached hydrogen (secondary N) is 1. The average molecular weight is 288 g/mol. The van der Waals surface area contributed by atoms with E-state index in [1.807, 2.05) is 13.8 Å². The Bertz CT molecular complexity index is 396. The van der Waals surface area contributed by atoms with Gasteiger partial charge in [0.15, 0.2) is 0 Å². The first-order valence-corrected chi connectivity index (χ1v) is 5.81. The number of rotatable bonds is 4. The number of carbonyl (C=O) groups excluding carboxylic acids is 1. The molecule has 16 heavy (non-hydrogen) atoms. The molecule has 0 spiro atoms. The number of carbonyl (C=O) groups is 1. The van der Waals surface area contributed by atoms with E-state index in [9.17, 15) is 4.79 Å². The molecule has 88 valence electrons. The summed E-state index contributed by atoms with van der Waals surface area (Å²) in [4.78, 5) is 19.6. The van der Waals surface area contributed by atoms with E-state index in [0.717, 1.165) is 16.7 Å². The maximum Gasteiger partial charge on any atom is 0.376 e. The van der Waals surface area contributed by atoms with Crippen LogP contribution >= 0.6 is 15.9 Å². The highest BCUT2D eigenvalue weighted by atomic mass is 79.9. The Balaban J connectivity index is 3.22. The predicted molar refractivity (Wildman–Crippen MR) is 64.6 cm³/mol. The van der Waals surface area contributed by atoms with E-state index >= 15 is 0 Å². The van der Waals surface area contributed by atoms with Crippen LogP contribution in [0.2, 0.25) is 0 Å².